The number of ether oxygens (including phenoxy) is 1. The number of Topliss-reactive ketones (excluding diaryl/α,β-unsaturated/α-hetero) is 1. The molecular formula is C27H21ClN2O4S. The summed E-state index contributed by atoms with van der Waals surface area (Å²) in [6.45, 7) is 4.33. The lowest BCUT2D eigenvalue weighted by molar-refractivity contribution is -0.132. The summed E-state index contributed by atoms with van der Waals surface area (Å²) in [5.74, 6) is -1.10. The number of nitrogens with zero attached hydrogens (tertiary/aromatic N) is 2. The van der Waals surface area contributed by atoms with Gasteiger partial charge in [0.25, 0.3) is 5.78 Å². The minimum Gasteiger partial charge on any atom is -0.507 e. The van der Waals surface area contributed by atoms with E-state index in [4.69, 9.17) is 16.3 Å². The number of ketones is 1. The van der Waals surface area contributed by atoms with Crippen molar-refractivity contribution in [1.29, 1.82) is 0 Å². The van der Waals surface area contributed by atoms with Gasteiger partial charge in [0.05, 0.1) is 28.4 Å². The first-order valence-corrected chi connectivity index (χ1v) is 12.2. The van der Waals surface area contributed by atoms with Crippen molar-refractivity contribution < 1.29 is 19.4 Å². The van der Waals surface area contributed by atoms with Crippen molar-refractivity contribution in [2.45, 2.75) is 19.9 Å². The summed E-state index contributed by atoms with van der Waals surface area (Å²) >= 11 is 7.41. The van der Waals surface area contributed by atoms with Crippen LogP contribution in [-0.4, -0.2) is 28.4 Å². The van der Waals surface area contributed by atoms with E-state index in [0.717, 1.165) is 10.3 Å². The quantitative estimate of drug-likeness (QED) is 0.196. The molecule has 1 N–H and O–H groups in total. The Morgan fingerprint density at radius 2 is 1.89 bits per heavy atom. The van der Waals surface area contributed by atoms with Crippen LogP contribution in [0.4, 0.5) is 5.13 Å². The first-order valence-electron chi connectivity index (χ1n) is 11.0. The number of carbonyl (C=O) groups is 2. The Kier molecular flexibility index (Phi) is 6.05. The summed E-state index contributed by atoms with van der Waals surface area (Å²) in [4.78, 5) is 32.7. The van der Waals surface area contributed by atoms with Crippen molar-refractivity contribution in [2.24, 2.45) is 0 Å². The molecule has 4 aromatic rings. The van der Waals surface area contributed by atoms with Gasteiger partial charge in [0.2, 0.25) is 0 Å². The highest BCUT2D eigenvalue weighted by molar-refractivity contribution is 7.22. The topological polar surface area (TPSA) is 79.7 Å². The van der Waals surface area contributed by atoms with Crippen molar-refractivity contribution in [3.05, 3.63) is 94.0 Å². The molecule has 1 fully saturated rings. The highest BCUT2D eigenvalue weighted by atomic mass is 35.5. The Morgan fingerprint density at radius 1 is 1.11 bits per heavy atom. The number of carbonyl (C=O) groups excluding carboxylic acids is 2. The molecule has 3 aromatic carbocycles. The number of amides is 1. The molecule has 35 heavy (non-hydrogen) atoms. The Labute approximate surface area is 211 Å². The number of hydrogen-bond acceptors (Lipinski definition) is 6. The van der Waals surface area contributed by atoms with Gasteiger partial charge >= 0.3 is 5.91 Å². The van der Waals surface area contributed by atoms with E-state index >= 15 is 0 Å². The van der Waals surface area contributed by atoms with Gasteiger partial charge < -0.3 is 9.84 Å². The number of aliphatic hydroxyl groups excluding tert-OH is 1. The highest BCUT2D eigenvalue weighted by Gasteiger charge is 2.48. The van der Waals surface area contributed by atoms with Crippen LogP contribution in [0.3, 0.4) is 0 Å². The van der Waals surface area contributed by atoms with E-state index < -0.39 is 17.7 Å². The maximum Gasteiger partial charge on any atom is 0.301 e. The Hall–Kier alpha value is -3.68. The van der Waals surface area contributed by atoms with Crippen molar-refractivity contribution in [3.63, 3.8) is 0 Å². The zero-order chi connectivity index (χ0) is 24.7. The van der Waals surface area contributed by atoms with E-state index in [1.54, 1.807) is 42.5 Å². The molecule has 1 atom stereocenters. The monoisotopic (exact) mass is 504 g/mol. The molecule has 1 unspecified atom stereocenters. The van der Waals surface area contributed by atoms with Crippen LogP contribution in [0.25, 0.3) is 16.0 Å². The summed E-state index contributed by atoms with van der Waals surface area (Å²) in [5.41, 5.74) is 2.77. The Morgan fingerprint density at radius 3 is 2.60 bits per heavy atom. The molecule has 0 spiro atoms. The van der Waals surface area contributed by atoms with Gasteiger partial charge in [-0.2, -0.15) is 0 Å². The van der Waals surface area contributed by atoms with Gasteiger partial charge in [-0.05, 0) is 61.9 Å². The molecule has 176 valence electrons. The van der Waals surface area contributed by atoms with Crippen LogP contribution in [0.1, 0.15) is 29.7 Å². The molecule has 1 saturated heterocycles. The number of rotatable bonds is 5. The number of thiazole rings is 1. The van der Waals surface area contributed by atoms with E-state index in [9.17, 15) is 14.7 Å². The molecule has 0 radical (unpaired) electrons. The first kappa shape index (κ1) is 23.1. The van der Waals surface area contributed by atoms with Gasteiger partial charge in [0.1, 0.15) is 11.5 Å². The molecular weight excluding hydrogens is 484 g/mol. The van der Waals surface area contributed by atoms with Crippen LogP contribution in [-0.2, 0) is 9.59 Å². The maximum absolute atomic E-state index is 13.4. The molecule has 0 saturated carbocycles. The lowest BCUT2D eigenvalue weighted by Gasteiger charge is -2.23. The summed E-state index contributed by atoms with van der Waals surface area (Å²) in [6.07, 6.45) is 0. The van der Waals surface area contributed by atoms with Gasteiger partial charge in [-0.15, -0.1) is 0 Å². The number of halogens is 1. The summed E-state index contributed by atoms with van der Waals surface area (Å²) in [6, 6.07) is 18.7. The third-order valence-electron chi connectivity index (χ3n) is 5.79. The van der Waals surface area contributed by atoms with Gasteiger partial charge in [-0.1, -0.05) is 52.8 Å². The van der Waals surface area contributed by atoms with Gasteiger partial charge in [-0.3, -0.25) is 14.5 Å². The van der Waals surface area contributed by atoms with Crippen LogP contribution in [0.15, 0.2) is 72.3 Å². The lowest BCUT2D eigenvalue weighted by Crippen LogP contribution is -2.29. The second kappa shape index (κ2) is 9.17. The van der Waals surface area contributed by atoms with Crippen molar-refractivity contribution in [1.82, 2.24) is 4.98 Å². The number of benzene rings is 3. The first-order chi connectivity index (χ1) is 16.9. The summed E-state index contributed by atoms with van der Waals surface area (Å²) in [7, 11) is 0. The van der Waals surface area contributed by atoms with Crippen LogP contribution in [0.5, 0.6) is 5.75 Å². The van der Waals surface area contributed by atoms with Crippen molar-refractivity contribution >= 4 is 55.7 Å². The number of aryl methyl sites for hydroxylation is 1. The van der Waals surface area contributed by atoms with Gasteiger partial charge in [-0.25, -0.2) is 4.98 Å². The van der Waals surface area contributed by atoms with Crippen LogP contribution >= 0.6 is 22.9 Å². The third-order valence-corrected chi connectivity index (χ3v) is 7.04. The highest BCUT2D eigenvalue weighted by Crippen LogP contribution is 2.44. The molecule has 0 bridgehead atoms. The standard InChI is InChI=1S/C27H21ClN2O4S/c1-3-34-19-10-7-16(8-11-19)24(31)22-23(17-6-4-5-15(2)13-17)30(26(33)25(22)32)27-29-20-12-9-18(28)14-21(20)35-27/h4-14,23,31H,3H2,1-2H3/b24-22+. The summed E-state index contributed by atoms with van der Waals surface area (Å²) in [5, 5.41) is 12.2. The van der Waals surface area contributed by atoms with Crippen molar-refractivity contribution in [2.75, 3.05) is 11.5 Å². The molecule has 8 heteroatoms. The van der Waals surface area contributed by atoms with Crippen LogP contribution in [0, 0.1) is 6.92 Å². The van der Waals surface area contributed by atoms with E-state index in [1.807, 2.05) is 38.1 Å². The molecule has 2 heterocycles. The fourth-order valence-electron chi connectivity index (χ4n) is 4.21. The molecule has 1 aromatic heterocycles. The minimum absolute atomic E-state index is 0.0158. The predicted octanol–water partition coefficient (Wildman–Crippen LogP) is 6.28. The molecule has 1 aliphatic rings. The zero-order valence-corrected chi connectivity index (χ0v) is 20.6. The zero-order valence-electron chi connectivity index (χ0n) is 19.0. The number of aliphatic hydroxyl groups is 1. The second-order valence-electron chi connectivity index (χ2n) is 8.15. The van der Waals surface area contributed by atoms with Crippen molar-refractivity contribution in [3.8, 4) is 5.75 Å². The number of hydrogen-bond donors (Lipinski definition) is 1. The molecule has 5 rings (SSSR count). The average molecular weight is 505 g/mol. The summed E-state index contributed by atoms with van der Waals surface area (Å²) < 4.78 is 6.27. The van der Waals surface area contributed by atoms with Crippen LogP contribution < -0.4 is 9.64 Å². The fourth-order valence-corrected chi connectivity index (χ4v) is 5.47. The van der Waals surface area contributed by atoms with Gasteiger partial charge in [0, 0.05) is 10.6 Å². The maximum atomic E-state index is 13.4. The predicted molar refractivity (Wildman–Crippen MR) is 138 cm³/mol. The fraction of sp³-hybridized carbons (Fsp3) is 0.148. The van der Waals surface area contributed by atoms with Crippen LogP contribution in [0.2, 0.25) is 5.02 Å². The largest absolute Gasteiger partial charge is 0.507 e. The Balaban J connectivity index is 1.69. The molecule has 0 aliphatic carbocycles. The normalized spacial score (nSPS) is 17.3. The van der Waals surface area contributed by atoms with E-state index in [2.05, 4.69) is 4.98 Å². The SMILES string of the molecule is CCOc1ccc(/C(O)=C2\C(=O)C(=O)N(c3nc4ccc(Cl)cc4s3)C2c2cccc(C)c2)cc1. The van der Waals surface area contributed by atoms with E-state index in [1.165, 1.54) is 16.2 Å². The third kappa shape index (κ3) is 4.17. The molecule has 6 nitrogen and oxygen atoms in total. The molecule has 1 aliphatic heterocycles. The lowest BCUT2D eigenvalue weighted by atomic mass is 9.94. The van der Waals surface area contributed by atoms with Gasteiger partial charge in [0.15, 0.2) is 5.13 Å². The minimum atomic E-state index is -0.836. The Bertz CT molecular complexity index is 1490. The number of aromatic nitrogens is 1. The average Bonchev–Trinajstić information content (AvgIpc) is 3.37. The van der Waals surface area contributed by atoms with E-state index in [-0.39, 0.29) is 11.3 Å². The number of anilines is 1. The number of fused-ring (bicyclic) bond motifs is 1. The van der Waals surface area contributed by atoms with E-state index in [0.29, 0.717) is 39.2 Å². The molecule has 1 amide bonds. The second-order valence-corrected chi connectivity index (χ2v) is 9.59. The smallest absolute Gasteiger partial charge is 0.301 e.